The Hall–Kier alpha value is -0.180. The molecule has 0 aromatic carbocycles. The molecule has 1 unspecified atom stereocenters. The first-order chi connectivity index (χ1) is 6.07. The zero-order valence-electron chi connectivity index (χ0n) is 8.10. The lowest BCUT2D eigenvalue weighted by Gasteiger charge is -2.35. The third-order valence-electron chi connectivity index (χ3n) is 3.24. The highest BCUT2D eigenvalue weighted by atomic mass is 79.9. The number of halogens is 1. The van der Waals surface area contributed by atoms with Gasteiger partial charge < -0.3 is 0 Å². The first-order valence-electron chi connectivity index (χ1n) is 4.78. The summed E-state index contributed by atoms with van der Waals surface area (Å²) >= 11 is 3.18. The zero-order chi connectivity index (χ0) is 10.1. The van der Waals surface area contributed by atoms with Crippen LogP contribution < -0.4 is 0 Å². The molecule has 0 amide bonds. The van der Waals surface area contributed by atoms with Gasteiger partial charge in [0.05, 0.1) is 0 Å². The summed E-state index contributed by atoms with van der Waals surface area (Å²) in [5.41, 5.74) is -0.234. The molecular formula is C10H15BrO2. The Morgan fingerprint density at radius 2 is 1.92 bits per heavy atom. The first kappa shape index (κ1) is 10.9. The van der Waals surface area contributed by atoms with Crippen molar-refractivity contribution >= 4 is 27.5 Å². The van der Waals surface area contributed by atoms with Crippen LogP contribution in [0.3, 0.4) is 0 Å². The smallest absolute Gasteiger partial charge is 0.160 e. The van der Waals surface area contributed by atoms with E-state index in [1.165, 1.54) is 0 Å². The van der Waals surface area contributed by atoms with E-state index >= 15 is 0 Å². The summed E-state index contributed by atoms with van der Waals surface area (Å²) in [5, 5.41) is 0. The van der Waals surface area contributed by atoms with Crippen LogP contribution in [0.2, 0.25) is 0 Å². The topological polar surface area (TPSA) is 34.1 Å². The van der Waals surface area contributed by atoms with Gasteiger partial charge >= 0.3 is 0 Å². The summed E-state index contributed by atoms with van der Waals surface area (Å²) in [7, 11) is 0. The fourth-order valence-electron chi connectivity index (χ4n) is 1.98. The number of ketones is 2. The molecule has 0 spiro atoms. The highest BCUT2D eigenvalue weighted by molar-refractivity contribution is 9.10. The predicted octanol–water partition coefficient (Wildman–Crippen LogP) is 2.49. The number of Topliss-reactive ketones (excluding diaryl/α,β-unsaturated/α-hetero) is 2. The Kier molecular flexibility index (Phi) is 3.28. The van der Waals surface area contributed by atoms with Gasteiger partial charge in [-0.1, -0.05) is 29.8 Å². The van der Waals surface area contributed by atoms with Crippen LogP contribution in [0.5, 0.6) is 0 Å². The Morgan fingerprint density at radius 1 is 1.38 bits per heavy atom. The second-order valence-electron chi connectivity index (χ2n) is 3.68. The molecule has 0 aromatic heterocycles. The van der Waals surface area contributed by atoms with Gasteiger partial charge in [-0.25, -0.2) is 0 Å². The van der Waals surface area contributed by atoms with Gasteiger partial charge in [0.15, 0.2) is 11.6 Å². The highest BCUT2D eigenvalue weighted by Gasteiger charge is 2.44. The summed E-state index contributed by atoms with van der Waals surface area (Å²) in [6.45, 7) is 4.05. The minimum absolute atomic E-state index is 0.0440. The summed E-state index contributed by atoms with van der Waals surface area (Å²) in [6.07, 6.45) is 2.97. The van der Waals surface area contributed by atoms with E-state index in [1.54, 1.807) is 0 Å². The maximum atomic E-state index is 11.9. The minimum Gasteiger partial charge on any atom is -0.298 e. The van der Waals surface area contributed by atoms with Crippen LogP contribution in [-0.4, -0.2) is 16.4 Å². The molecule has 0 saturated heterocycles. The second kappa shape index (κ2) is 3.91. The number of alkyl halides is 1. The molecule has 13 heavy (non-hydrogen) atoms. The SMILES string of the molecule is CCC1(CC)CCC(=O)C(Br)C1=O. The van der Waals surface area contributed by atoms with E-state index in [-0.39, 0.29) is 17.0 Å². The molecule has 1 saturated carbocycles. The van der Waals surface area contributed by atoms with Gasteiger partial charge in [0.2, 0.25) is 0 Å². The molecule has 1 fully saturated rings. The molecule has 1 atom stereocenters. The van der Waals surface area contributed by atoms with Crippen molar-refractivity contribution < 1.29 is 9.59 Å². The standard InChI is InChI=1S/C10H15BrO2/c1-3-10(4-2)6-5-7(12)8(11)9(10)13/h8H,3-6H2,1-2H3. The normalized spacial score (nSPS) is 27.8. The lowest BCUT2D eigenvalue weighted by molar-refractivity contribution is -0.137. The largest absolute Gasteiger partial charge is 0.298 e. The number of carbonyl (C=O) groups excluding carboxylic acids is 2. The summed E-state index contributed by atoms with van der Waals surface area (Å²) in [4.78, 5) is 22.6. The number of carbonyl (C=O) groups is 2. The Bertz CT molecular complexity index is 231. The van der Waals surface area contributed by atoms with Crippen LogP contribution in [0.25, 0.3) is 0 Å². The molecule has 1 aliphatic carbocycles. The average Bonchev–Trinajstić information content (AvgIpc) is 2.16. The summed E-state index contributed by atoms with van der Waals surface area (Å²) in [5.74, 6) is 0.135. The van der Waals surface area contributed by atoms with Crippen molar-refractivity contribution in [1.82, 2.24) is 0 Å². The predicted molar refractivity (Wildman–Crippen MR) is 55.0 cm³/mol. The van der Waals surface area contributed by atoms with Crippen molar-refractivity contribution in [3.8, 4) is 0 Å². The van der Waals surface area contributed by atoms with Crippen molar-refractivity contribution in [2.75, 3.05) is 0 Å². The number of hydrogen-bond donors (Lipinski definition) is 0. The van der Waals surface area contributed by atoms with Crippen molar-refractivity contribution in [3.63, 3.8) is 0 Å². The lowest BCUT2D eigenvalue weighted by Crippen LogP contribution is -2.44. The van der Waals surface area contributed by atoms with E-state index in [1.807, 2.05) is 13.8 Å². The molecule has 0 N–H and O–H groups in total. The molecular weight excluding hydrogens is 232 g/mol. The van der Waals surface area contributed by atoms with Crippen LogP contribution in [0, 0.1) is 5.41 Å². The fourth-order valence-corrected chi connectivity index (χ4v) is 2.69. The molecule has 1 aliphatic rings. The van der Waals surface area contributed by atoms with Crippen LogP contribution >= 0.6 is 15.9 Å². The molecule has 2 nitrogen and oxygen atoms in total. The molecule has 0 heterocycles. The molecule has 1 rings (SSSR count). The van der Waals surface area contributed by atoms with E-state index < -0.39 is 4.83 Å². The van der Waals surface area contributed by atoms with E-state index in [9.17, 15) is 9.59 Å². The van der Waals surface area contributed by atoms with Gasteiger partial charge in [-0.3, -0.25) is 9.59 Å². The van der Waals surface area contributed by atoms with E-state index in [2.05, 4.69) is 15.9 Å². The fraction of sp³-hybridized carbons (Fsp3) is 0.800. The van der Waals surface area contributed by atoms with Gasteiger partial charge in [-0.05, 0) is 19.3 Å². The molecule has 0 radical (unpaired) electrons. The van der Waals surface area contributed by atoms with Crippen LogP contribution in [0.15, 0.2) is 0 Å². The van der Waals surface area contributed by atoms with Gasteiger partial charge in [-0.15, -0.1) is 0 Å². The number of hydrogen-bond acceptors (Lipinski definition) is 2. The Balaban J connectivity index is 2.90. The van der Waals surface area contributed by atoms with Gasteiger partial charge in [0.25, 0.3) is 0 Å². The summed E-state index contributed by atoms with van der Waals surface area (Å²) < 4.78 is 0. The minimum atomic E-state index is -0.541. The van der Waals surface area contributed by atoms with E-state index in [0.717, 1.165) is 19.3 Å². The number of rotatable bonds is 2. The third-order valence-corrected chi connectivity index (χ3v) is 4.17. The van der Waals surface area contributed by atoms with Gasteiger partial charge in [0.1, 0.15) is 4.83 Å². The molecule has 0 aliphatic heterocycles. The highest BCUT2D eigenvalue weighted by Crippen LogP contribution is 2.39. The average molecular weight is 247 g/mol. The quantitative estimate of drug-likeness (QED) is 0.555. The van der Waals surface area contributed by atoms with Crippen LogP contribution in [-0.2, 0) is 9.59 Å². The first-order valence-corrected chi connectivity index (χ1v) is 5.70. The summed E-state index contributed by atoms with van der Waals surface area (Å²) in [6, 6.07) is 0. The van der Waals surface area contributed by atoms with Crippen molar-refractivity contribution in [2.24, 2.45) is 5.41 Å². The molecule has 3 heteroatoms. The van der Waals surface area contributed by atoms with Crippen LogP contribution in [0.4, 0.5) is 0 Å². The lowest BCUT2D eigenvalue weighted by atomic mass is 9.69. The second-order valence-corrected chi connectivity index (χ2v) is 4.60. The van der Waals surface area contributed by atoms with Crippen molar-refractivity contribution in [3.05, 3.63) is 0 Å². The van der Waals surface area contributed by atoms with E-state index in [4.69, 9.17) is 0 Å². The van der Waals surface area contributed by atoms with Crippen molar-refractivity contribution in [2.45, 2.75) is 44.4 Å². The van der Waals surface area contributed by atoms with Crippen molar-refractivity contribution in [1.29, 1.82) is 0 Å². The third kappa shape index (κ3) is 1.71. The van der Waals surface area contributed by atoms with Crippen LogP contribution in [0.1, 0.15) is 39.5 Å². The van der Waals surface area contributed by atoms with E-state index in [0.29, 0.717) is 6.42 Å². The zero-order valence-corrected chi connectivity index (χ0v) is 9.69. The molecule has 0 aromatic rings. The molecule has 74 valence electrons. The van der Waals surface area contributed by atoms with Gasteiger partial charge in [0, 0.05) is 11.8 Å². The molecule has 0 bridgehead atoms. The monoisotopic (exact) mass is 246 g/mol. The maximum Gasteiger partial charge on any atom is 0.160 e. The van der Waals surface area contributed by atoms with Gasteiger partial charge in [-0.2, -0.15) is 0 Å². The Labute approximate surface area is 87.2 Å². The Morgan fingerprint density at radius 3 is 2.38 bits per heavy atom. The maximum absolute atomic E-state index is 11.9.